The third-order valence-corrected chi connectivity index (χ3v) is 4.54. The highest BCUT2D eigenvalue weighted by Crippen LogP contribution is 2.19. The van der Waals surface area contributed by atoms with E-state index in [0.717, 1.165) is 26.1 Å². The van der Waals surface area contributed by atoms with Crippen LogP contribution in [-0.2, 0) is 6.54 Å². The summed E-state index contributed by atoms with van der Waals surface area (Å²) in [5.74, 6) is -0.517. The molecule has 2 atom stereocenters. The van der Waals surface area contributed by atoms with E-state index < -0.39 is 5.95 Å². The third kappa shape index (κ3) is 4.17. The highest BCUT2D eigenvalue weighted by atomic mass is 19.1. The Balaban J connectivity index is 1.55. The number of hydrogen-bond donors (Lipinski definition) is 1. The Morgan fingerprint density at radius 3 is 2.83 bits per heavy atom. The molecule has 0 spiro atoms. The van der Waals surface area contributed by atoms with Crippen molar-refractivity contribution in [1.82, 2.24) is 15.2 Å². The van der Waals surface area contributed by atoms with Crippen LogP contribution < -0.4 is 5.32 Å². The first-order valence-corrected chi connectivity index (χ1v) is 8.30. The average Bonchev–Trinajstić information content (AvgIpc) is 2.58. The number of benzene rings is 1. The maximum Gasteiger partial charge on any atom is 0.251 e. The molecule has 0 aliphatic carbocycles. The van der Waals surface area contributed by atoms with E-state index in [9.17, 15) is 9.18 Å². The largest absolute Gasteiger partial charge is 0.349 e. The molecular weight excluding hydrogens is 305 g/mol. The predicted octanol–water partition coefficient (Wildman–Crippen LogP) is 2.86. The lowest BCUT2D eigenvalue weighted by molar-refractivity contribution is 0.0860. The number of halogens is 1. The molecule has 1 aromatic heterocycles. The smallest absolute Gasteiger partial charge is 0.251 e. The lowest BCUT2D eigenvalue weighted by Gasteiger charge is -2.37. The van der Waals surface area contributed by atoms with Crippen molar-refractivity contribution in [2.75, 3.05) is 13.1 Å². The van der Waals surface area contributed by atoms with E-state index in [0.29, 0.717) is 11.5 Å². The van der Waals surface area contributed by atoms with Gasteiger partial charge in [-0.3, -0.25) is 9.69 Å². The lowest BCUT2D eigenvalue weighted by atomic mass is 9.93. The molecule has 126 valence electrons. The van der Waals surface area contributed by atoms with Crippen LogP contribution in [0.4, 0.5) is 4.39 Å². The number of nitrogens with zero attached hydrogens (tertiary/aromatic N) is 2. The van der Waals surface area contributed by atoms with Crippen LogP contribution in [0.2, 0.25) is 0 Å². The predicted molar refractivity (Wildman–Crippen MR) is 90.9 cm³/mol. The first-order valence-electron chi connectivity index (χ1n) is 8.30. The zero-order valence-electron chi connectivity index (χ0n) is 13.8. The van der Waals surface area contributed by atoms with Crippen molar-refractivity contribution in [1.29, 1.82) is 0 Å². The second-order valence-electron chi connectivity index (χ2n) is 6.43. The normalized spacial score (nSPS) is 21.4. The van der Waals surface area contributed by atoms with Gasteiger partial charge in [0, 0.05) is 43.5 Å². The molecule has 1 amide bonds. The van der Waals surface area contributed by atoms with Crippen LogP contribution in [0.25, 0.3) is 0 Å². The van der Waals surface area contributed by atoms with Crippen LogP contribution >= 0.6 is 0 Å². The van der Waals surface area contributed by atoms with Crippen LogP contribution in [0.1, 0.15) is 29.3 Å². The summed E-state index contributed by atoms with van der Waals surface area (Å²) in [4.78, 5) is 18.2. The molecule has 4 nitrogen and oxygen atoms in total. The van der Waals surface area contributed by atoms with Gasteiger partial charge in [0.2, 0.25) is 5.95 Å². The minimum absolute atomic E-state index is 0.112. The monoisotopic (exact) mass is 327 g/mol. The maximum absolute atomic E-state index is 13.1. The van der Waals surface area contributed by atoms with Gasteiger partial charge in [0.1, 0.15) is 0 Å². The standard InChI is InChI=1S/C19H22FN3O/c1-14-12-23(13-15-5-3-2-4-6-15)10-8-17(14)22-19(24)16-7-9-21-18(20)11-16/h2-7,9,11,14,17H,8,10,12-13H2,1H3,(H,22,24)/t14-,17+/m1/s1. The van der Waals surface area contributed by atoms with Gasteiger partial charge in [-0.05, 0) is 24.0 Å². The van der Waals surface area contributed by atoms with Crippen molar-refractivity contribution < 1.29 is 9.18 Å². The highest BCUT2D eigenvalue weighted by Gasteiger charge is 2.27. The van der Waals surface area contributed by atoms with E-state index in [1.807, 2.05) is 6.07 Å². The fourth-order valence-corrected chi connectivity index (χ4v) is 3.23. The number of piperidine rings is 1. The summed E-state index contributed by atoms with van der Waals surface area (Å²) >= 11 is 0. The number of hydrogen-bond acceptors (Lipinski definition) is 3. The second kappa shape index (κ2) is 7.53. The summed E-state index contributed by atoms with van der Waals surface area (Å²) in [5.41, 5.74) is 1.63. The number of nitrogens with one attached hydrogen (secondary N) is 1. The van der Waals surface area contributed by atoms with E-state index in [2.05, 4.69) is 46.4 Å². The molecule has 0 saturated carbocycles. The molecule has 24 heavy (non-hydrogen) atoms. The van der Waals surface area contributed by atoms with Crippen LogP contribution in [0, 0.1) is 11.9 Å². The molecule has 5 heteroatoms. The lowest BCUT2D eigenvalue weighted by Crippen LogP contribution is -2.49. The summed E-state index contributed by atoms with van der Waals surface area (Å²) in [5, 5.41) is 3.04. The number of carbonyl (C=O) groups excluding carboxylic acids is 1. The van der Waals surface area contributed by atoms with E-state index in [-0.39, 0.29) is 11.9 Å². The summed E-state index contributed by atoms with van der Waals surface area (Å²) in [6.45, 7) is 4.95. The first-order chi connectivity index (χ1) is 11.6. The van der Waals surface area contributed by atoms with Gasteiger partial charge < -0.3 is 5.32 Å². The van der Waals surface area contributed by atoms with Gasteiger partial charge >= 0.3 is 0 Å². The molecular formula is C19H22FN3O. The minimum Gasteiger partial charge on any atom is -0.349 e. The van der Waals surface area contributed by atoms with Crippen molar-refractivity contribution in [3.8, 4) is 0 Å². The Morgan fingerprint density at radius 1 is 1.33 bits per heavy atom. The molecule has 0 unspecified atom stereocenters. The van der Waals surface area contributed by atoms with E-state index in [4.69, 9.17) is 0 Å². The molecule has 3 rings (SSSR count). The maximum atomic E-state index is 13.1. The third-order valence-electron chi connectivity index (χ3n) is 4.54. The van der Waals surface area contributed by atoms with E-state index in [1.165, 1.54) is 23.9 Å². The Hall–Kier alpha value is -2.27. The van der Waals surface area contributed by atoms with Gasteiger partial charge in [-0.2, -0.15) is 4.39 Å². The molecule has 0 radical (unpaired) electrons. The van der Waals surface area contributed by atoms with Crippen molar-refractivity contribution in [3.63, 3.8) is 0 Å². The molecule has 1 aliphatic rings. The number of carbonyl (C=O) groups is 1. The quantitative estimate of drug-likeness (QED) is 0.878. The molecule has 1 saturated heterocycles. The fourth-order valence-electron chi connectivity index (χ4n) is 3.23. The highest BCUT2D eigenvalue weighted by molar-refractivity contribution is 5.94. The summed E-state index contributed by atoms with van der Waals surface area (Å²) in [6.07, 6.45) is 2.21. The Bertz CT molecular complexity index is 692. The minimum atomic E-state index is -0.631. The topological polar surface area (TPSA) is 45.2 Å². The Labute approximate surface area is 141 Å². The van der Waals surface area contributed by atoms with Gasteiger partial charge in [0.15, 0.2) is 0 Å². The second-order valence-corrected chi connectivity index (χ2v) is 6.43. The van der Waals surface area contributed by atoms with Crippen molar-refractivity contribution >= 4 is 5.91 Å². The van der Waals surface area contributed by atoms with Gasteiger partial charge in [0.05, 0.1) is 0 Å². The van der Waals surface area contributed by atoms with Gasteiger partial charge in [-0.25, -0.2) is 4.98 Å². The average molecular weight is 327 g/mol. The number of amides is 1. The molecule has 2 heterocycles. The number of pyridine rings is 1. The van der Waals surface area contributed by atoms with Gasteiger partial charge in [0.25, 0.3) is 5.91 Å². The van der Waals surface area contributed by atoms with Crippen LogP contribution in [0.3, 0.4) is 0 Å². The molecule has 1 aromatic carbocycles. The summed E-state index contributed by atoms with van der Waals surface area (Å²) < 4.78 is 13.1. The number of likely N-dealkylation sites (tertiary alicyclic amines) is 1. The van der Waals surface area contributed by atoms with E-state index >= 15 is 0 Å². The molecule has 0 bridgehead atoms. The first kappa shape index (κ1) is 16.6. The van der Waals surface area contributed by atoms with Crippen LogP contribution in [0.15, 0.2) is 48.7 Å². The van der Waals surface area contributed by atoms with Crippen molar-refractivity contribution in [2.24, 2.45) is 5.92 Å². The molecule has 1 fully saturated rings. The van der Waals surface area contributed by atoms with Gasteiger partial charge in [-0.15, -0.1) is 0 Å². The molecule has 1 N–H and O–H groups in total. The SMILES string of the molecule is C[C@@H]1CN(Cc2ccccc2)CC[C@@H]1NC(=O)c1ccnc(F)c1. The van der Waals surface area contributed by atoms with Crippen molar-refractivity contribution in [2.45, 2.75) is 25.9 Å². The van der Waals surface area contributed by atoms with Crippen LogP contribution in [-0.4, -0.2) is 34.9 Å². The zero-order chi connectivity index (χ0) is 16.9. The molecule has 1 aliphatic heterocycles. The molecule has 2 aromatic rings. The van der Waals surface area contributed by atoms with Gasteiger partial charge in [-0.1, -0.05) is 37.3 Å². The van der Waals surface area contributed by atoms with Crippen LogP contribution in [0.5, 0.6) is 0 Å². The zero-order valence-corrected chi connectivity index (χ0v) is 13.8. The number of rotatable bonds is 4. The number of aromatic nitrogens is 1. The van der Waals surface area contributed by atoms with E-state index in [1.54, 1.807) is 0 Å². The summed E-state index contributed by atoms with van der Waals surface area (Å²) in [6, 6.07) is 13.2. The fraction of sp³-hybridized carbons (Fsp3) is 0.368. The van der Waals surface area contributed by atoms with Crippen molar-refractivity contribution in [3.05, 3.63) is 65.7 Å². The Kier molecular flexibility index (Phi) is 5.20. The summed E-state index contributed by atoms with van der Waals surface area (Å²) in [7, 11) is 0. The Morgan fingerprint density at radius 2 is 2.12 bits per heavy atom.